The number of hydrogen-bond donors (Lipinski definition) is 5. The van der Waals surface area contributed by atoms with Gasteiger partial charge >= 0.3 is 0 Å². The lowest BCUT2D eigenvalue weighted by Gasteiger charge is -2.45. The van der Waals surface area contributed by atoms with Crippen LogP contribution in [0.3, 0.4) is 0 Å². The summed E-state index contributed by atoms with van der Waals surface area (Å²) in [7, 11) is 1.69. The smallest absolute Gasteiger partial charge is 0.143 e. The highest BCUT2D eigenvalue weighted by atomic mass is 19.1. The van der Waals surface area contributed by atoms with Crippen molar-refractivity contribution in [2.45, 2.75) is 75.6 Å². The number of nitrogens with one attached hydrogen (secondary N) is 5. The van der Waals surface area contributed by atoms with Crippen LogP contribution in [0.25, 0.3) is 0 Å². The lowest BCUT2D eigenvalue weighted by molar-refractivity contribution is -0.0282. The Labute approximate surface area is 168 Å². The van der Waals surface area contributed by atoms with Gasteiger partial charge < -0.3 is 15.4 Å². The van der Waals surface area contributed by atoms with E-state index in [4.69, 9.17) is 6.11 Å². The first-order valence-electron chi connectivity index (χ1n) is 11.4. The molecule has 3 fully saturated rings. The first-order valence-corrected chi connectivity index (χ1v) is 10.7. The lowest BCUT2D eigenvalue weighted by Crippen LogP contribution is -2.73. The molecule has 3 heterocycles. The summed E-state index contributed by atoms with van der Waals surface area (Å²) in [6.07, 6.45) is 2.42. The van der Waals surface area contributed by atoms with Crippen LogP contribution in [0.1, 0.15) is 34.0 Å². The Balaban J connectivity index is 1.49. The van der Waals surface area contributed by atoms with E-state index in [0.717, 1.165) is 32.4 Å². The van der Waals surface area contributed by atoms with Gasteiger partial charge in [-0.3, -0.25) is 16.0 Å². The average Bonchev–Trinajstić information content (AvgIpc) is 3.02. The van der Waals surface area contributed by atoms with Gasteiger partial charge in [-0.2, -0.15) is 0 Å². The van der Waals surface area contributed by atoms with Crippen molar-refractivity contribution in [1.29, 1.82) is 0 Å². The molecular weight excluding hydrogens is 364 g/mol. The van der Waals surface area contributed by atoms with Crippen molar-refractivity contribution in [3.63, 3.8) is 0 Å². The zero-order valence-electron chi connectivity index (χ0n) is 17.6. The molecule has 1 saturated carbocycles. The van der Waals surface area contributed by atoms with Crippen LogP contribution in [0.15, 0.2) is 11.6 Å². The molecule has 6 nitrogen and oxygen atoms in total. The summed E-state index contributed by atoms with van der Waals surface area (Å²) in [6, 6.07) is -0.938. The molecule has 28 heavy (non-hydrogen) atoms. The molecule has 8 heteroatoms. The molecule has 0 spiro atoms. The number of fused-ring (bicyclic) bond motifs is 1. The molecule has 0 bridgehead atoms. The van der Waals surface area contributed by atoms with Crippen LogP contribution in [-0.4, -0.2) is 69.7 Å². The first-order chi connectivity index (χ1) is 14.1. The quantitative estimate of drug-likeness (QED) is 0.449. The Hall–Kier alpha value is -0.640. The maximum absolute atomic E-state index is 15.9. The molecule has 0 radical (unpaired) electrons. The van der Waals surface area contributed by atoms with Gasteiger partial charge in [0.1, 0.15) is 18.6 Å². The van der Waals surface area contributed by atoms with E-state index < -0.39 is 30.8 Å². The molecule has 160 valence electrons. The van der Waals surface area contributed by atoms with Gasteiger partial charge in [0.15, 0.2) is 0 Å². The van der Waals surface area contributed by atoms with Crippen LogP contribution in [0.5, 0.6) is 0 Å². The normalized spacial score (nSPS) is 47.8. The topological polar surface area (TPSA) is 69.4 Å². The third-order valence-corrected chi connectivity index (χ3v) is 6.78. The fourth-order valence-electron chi connectivity index (χ4n) is 5.31. The van der Waals surface area contributed by atoms with Crippen LogP contribution >= 0.6 is 0 Å². The van der Waals surface area contributed by atoms with Crippen LogP contribution in [-0.2, 0) is 4.74 Å². The fourth-order valence-corrected chi connectivity index (χ4v) is 5.31. The van der Waals surface area contributed by atoms with Crippen molar-refractivity contribution < 1.29 is 14.9 Å². The molecule has 9 unspecified atom stereocenters. The third-order valence-electron chi connectivity index (χ3n) is 6.78. The van der Waals surface area contributed by atoms with E-state index >= 15 is 4.39 Å². The molecule has 9 atom stereocenters. The van der Waals surface area contributed by atoms with Crippen LogP contribution in [0, 0.1) is 11.8 Å². The molecule has 2 saturated heterocycles. The van der Waals surface area contributed by atoms with Crippen molar-refractivity contribution in [1.82, 2.24) is 26.6 Å². The monoisotopic (exact) mass is 400 g/mol. The highest BCUT2D eigenvalue weighted by Crippen LogP contribution is 2.44. The number of hydrogen-bond acceptors (Lipinski definition) is 6. The minimum Gasteiger partial charge on any atom is -0.377 e. The highest BCUT2D eigenvalue weighted by molar-refractivity contribution is 5.18. The number of ether oxygens (including phenoxy) is 1. The van der Waals surface area contributed by atoms with E-state index in [1.807, 2.05) is 0 Å². The standard InChI is InChI=1S/C20H35F2N5O/c1-11-16(21)19(23-2)27-20(25-11)26-14-10-13-6-9-28-18(13)15(17(14)22)12-4-3-7-24-8-5-12/h5,11,13-20,23-27H,3-4,6-10H2,1-2H3/i1D. The lowest BCUT2D eigenvalue weighted by atomic mass is 9.71. The molecule has 0 aromatic heterocycles. The second kappa shape index (κ2) is 9.02. The molecular formula is C20H35F2N5O. The van der Waals surface area contributed by atoms with Gasteiger partial charge in [0, 0.05) is 32.5 Å². The van der Waals surface area contributed by atoms with Gasteiger partial charge in [0.2, 0.25) is 0 Å². The highest BCUT2D eigenvalue weighted by Gasteiger charge is 2.50. The Bertz CT molecular complexity index is 571. The summed E-state index contributed by atoms with van der Waals surface area (Å²) in [6.45, 7) is 2.38. The van der Waals surface area contributed by atoms with E-state index in [9.17, 15) is 4.39 Å². The summed E-state index contributed by atoms with van der Waals surface area (Å²) < 4.78 is 43.9. The minimum absolute atomic E-state index is 0.0408. The molecule has 4 aliphatic rings. The Morgan fingerprint density at radius 2 is 2.18 bits per heavy atom. The van der Waals surface area contributed by atoms with Crippen LogP contribution in [0.2, 0.25) is 0 Å². The Morgan fingerprint density at radius 1 is 1.29 bits per heavy atom. The van der Waals surface area contributed by atoms with Crippen molar-refractivity contribution in [2.75, 3.05) is 26.7 Å². The van der Waals surface area contributed by atoms with Crippen molar-refractivity contribution in [3.8, 4) is 0 Å². The Morgan fingerprint density at radius 3 is 3.00 bits per heavy atom. The number of rotatable bonds is 4. The summed E-state index contributed by atoms with van der Waals surface area (Å²) >= 11 is 0. The van der Waals surface area contributed by atoms with E-state index in [1.165, 1.54) is 5.57 Å². The van der Waals surface area contributed by atoms with Gasteiger partial charge in [0.05, 0.1) is 12.3 Å². The van der Waals surface area contributed by atoms with Gasteiger partial charge in [-0.1, -0.05) is 11.6 Å². The van der Waals surface area contributed by atoms with Crippen molar-refractivity contribution in [2.24, 2.45) is 11.8 Å². The second-order valence-electron chi connectivity index (χ2n) is 8.53. The van der Waals surface area contributed by atoms with E-state index in [0.29, 0.717) is 18.9 Å². The molecule has 4 rings (SSSR count). The molecule has 5 N–H and O–H groups in total. The molecule has 1 aliphatic carbocycles. The third kappa shape index (κ3) is 4.13. The summed E-state index contributed by atoms with van der Waals surface area (Å²) in [5.74, 6) is 0.115. The van der Waals surface area contributed by atoms with Gasteiger partial charge in [-0.05, 0) is 52.1 Å². The molecule has 0 amide bonds. The van der Waals surface area contributed by atoms with Crippen LogP contribution < -0.4 is 26.6 Å². The van der Waals surface area contributed by atoms with E-state index in [1.54, 1.807) is 7.05 Å². The first kappa shape index (κ1) is 19.3. The predicted molar refractivity (Wildman–Crippen MR) is 105 cm³/mol. The number of halogens is 2. The van der Waals surface area contributed by atoms with E-state index in [2.05, 4.69) is 32.7 Å². The van der Waals surface area contributed by atoms with E-state index in [-0.39, 0.29) is 25.0 Å². The molecule has 0 aromatic carbocycles. The summed E-state index contributed by atoms with van der Waals surface area (Å²) in [5.41, 5.74) is 1.18. The van der Waals surface area contributed by atoms with Crippen molar-refractivity contribution >= 4 is 0 Å². The van der Waals surface area contributed by atoms with Crippen LogP contribution in [0.4, 0.5) is 8.78 Å². The largest absolute Gasteiger partial charge is 0.377 e. The predicted octanol–water partition coefficient (Wildman–Crippen LogP) is 0.766. The van der Waals surface area contributed by atoms with Crippen molar-refractivity contribution in [3.05, 3.63) is 11.6 Å². The zero-order valence-corrected chi connectivity index (χ0v) is 16.6. The molecule has 3 aliphatic heterocycles. The zero-order chi connectivity index (χ0) is 20.4. The maximum atomic E-state index is 15.9. The number of alkyl halides is 2. The SMILES string of the molecule is [2H]CC1NC(NC2CC3CCOC3C(C3=CCNCCC3)C2F)NC(NC)C1F. The van der Waals surface area contributed by atoms with Gasteiger partial charge in [0.25, 0.3) is 0 Å². The fraction of sp³-hybridized carbons (Fsp3) is 0.900. The average molecular weight is 401 g/mol. The second-order valence-corrected chi connectivity index (χ2v) is 8.53. The minimum atomic E-state index is -1.22. The van der Waals surface area contributed by atoms with Gasteiger partial charge in [-0.15, -0.1) is 0 Å². The van der Waals surface area contributed by atoms with Gasteiger partial charge in [-0.25, -0.2) is 8.78 Å². The maximum Gasteiger partial charge on any atom is 0.143 e. The molecule has 0 aromatic rings. The summed E-state index contributed by atoms with van der Waals surface area (Å²) in [4.78, 5) is 0. The Kier molecular flexibility index (Phi) is 6.23. The summed E-state index contributed by atoms with van der Waals surface area (Å²) in [5, 5.41) is 15.9.